The maximum atomic E-state index is 5.39. The zero-order valence-electron chi connectivity index (χ0n) is 18.1. The number of ether oxygens (including phenoxy) is 1. The molecule has 2 aromatic rings. The van der Waals surface area contributed by atoms with E-state index in [0.717, 1.165) is 37.7 Å². The first-order valence-corrected chi connectivity index (χ1v) is 11.3. The summed E-state index contributed by atoms with van der Waals surface area (Å²) in [4.78, 5) is 5.57. The molecule has 2 bridgehead atoms. The number of piperidine rings is 3. The number of aromatic nitrogens is 2. The molecule has 156 valence electrons. The standard InChI is InChI=1S/C24H34N4O/c1-4-11-28-15-20(17(2)25-28)14-27-16-22(18-5-7-21(29-3)8-6-18)24-23(27)19-9-12-26(24)13-10-19/h5-8,15,19,22-24H,4,9-14,16H2,1-3H3/t22-,23+,24+/m0/s1. The monoisotopic (exact) mass is 394 g/mol. The van der Waals surface area contributed by atoms with Crippen molar-refractivity contribution >= 4 is 0 Å². The summed E-state index contributed by atoms with van der Waals surface area (Å²) in [7, 11) is 1.75. The van der Waals surface area contributed by atoms with Gasteiger partial charge in [0.05, 0.1) is 12.8 Å². The zero-order valence-corrected chi connectivity index (χ0v) is 18.1. The van der Waals surface area contributed by atoms with Crippen LogP contribution in [0.15, 0.2) is 30.5 Å². The molecule has 4 saturated heterocycles. The van der Waals surface area contributed by atoms with Crippen molar-refractivity contribution in [3.05, 3.63) is 47.3 Å². The van der Waals surface area contributed by atoms with E-state index in [-0.39, 0.29) is 0 Å². The van der Waals surface area contributed by atoms with Gasteiger partial charge in [0.2, 0.25) is 0 Å². The van der Waals surface area contributed by atoms with Crippen molar-refractivity contribution in [2.75, 3.05) is 26.7 Å². The van der Waals surface area contributed by atoms with Gasteiger partial charge in [0, 0.05) is 49.4 Å². The summed E-state index contributed by atoms with van der Waals surface area (Å²) in [6.45, 7) is 10.1. The molecule has 0 unspecified atom stereocenters. The van der Waals surface area contributed by atoms with Gasteiger partial charge < -0.3 is 4.74 Å². The van der Waals surface area contributed by atoms with Crippen molar-refractivity contribution in [2.45, 2.75) is 64.2 Å². The van der Waals surface area contributed by atoms with Gasteiger partial charge in [-0.15, -0.1) is 0 Å². The minimum Gasteiger partial charge on any atom is -0.497 e. The number of nitrogens with zero attached hydrogens (tertiary/aromatic N) is 4. The van der Waals surface area contributed by atoms with Crippen LogP contribution >= 0.6 is 0 Å². The molecule has 3 atom stereocenters. The first-order chi connectivity index (χ1) is 14.2. The SMILES string of the molecule is CCCn1cc(CN2C[C@@H](c3ccc(OC)cc3)[C@@H]3[C@H]2C2CCN3CC2)c(C)n1. The zero-order chi connectivity index (χ0) is 20.0. The van der Waals surface area contributed by atoms with Crippen LogP contribution in [0.5, 0.6) is 5.75 Å². The number of benzene rings is 1. The van der Waals surface area contributed by atoms with Crippen LogP contribution in [0.1, 0.15) is 48.9 Å². The van der Waals surface area contributed by atoms with Crippen LogP contribution in [0.2, 0.25) is 0 Å². The van der Waals surface area contributed by atoms with Crippen molar-refractivity contribution in [2.24, 2.45) is 5.92 Å². The Bertz CT molecular complexity index is 837. The van der Waals surface area contributed by atoms with Crippen LogP contribution in [-0.2, 0) is 13.1 Å². The van der Waals surface area contributed by atoms with Gasteiger partial charge >= 0.3 is 0 Å². The fourth-order valence-electron chi connectivity index (χ4n) is 6.14. The lowest BCUT2D eigenvalue weighted by Crippen LogP contribution is -2.59. The first-order valence-electron chi connectivity index (χ1n) is 11.3. The maximum absolute atomic E-state index is 5.39. The van der Waals surface area contributed by atoms with Crippen molar-refractivity contribution < 1.29 is 4.74 Å². The van der Waals surface area contributed by atoms with Gasteiger partial charge in [0.25, 0.3) is 0 Å². The van der Waals surface area contributed by atoms with Crippen LogP contribution in [0.4, 0.5) is 0 Å². The number of hydrogen-bond acceptors (Lipinski definition) is 4. The number of rotatable bonds is 6. The van der Waals surface area contributed by atoms with E-state index in [4.69, 9.17) is 9.84 Å². The molecule has 5 heterocycles. The van der Waals surface area contributed by atoms with Gasteiger partial charge in [0.1, 0.15) is 5.75 Å². The second-order valence-corrected chi connectivity index (χ2v) is 9.17. The molecule has 4 aliphatic rings. The molecule has 1 aromatic heterocycles. The van der Waals surface area contributed by atoms with Crippen molar-refractivity contribution in [3.8, 4) is 5.75 Å². The topological polar surface area (TPSA) is 33.5 Å². The average molecular weight is 395 g/mol. The van der Waals surface area contributed by atoms with Crippen molar-refractivity contribution in [1.82, 2.24) is 19.6 Å². The third kappa shape index (κ3) is 3.38. The third-order valence-corrected chi connectivity index (χ3v) is 7.51. The Morgan fingerprint density at radius 3 is 2.55 bits per heavy atom. The molecule has 0 amide bonds. The number of likely N-dealkylation sites (tertiary alicyclic amines) is 1. The lowest BCUT2D eigenvalue weighted by molar-refractivity contribution is -0.00873. The number of hydrogen-bond donors (Lipinski definition) is 0. The Balaban J connectivity index is 1.43. The predicted octanol–water partition coefficient (Wildman–Crippen LogP) is 3.67. The highest BCUT2D eigenvalue weighted by Gasteiger charge is 2.53. The number of methoxy groups -OCH3 is 1. The molecule has 4 aliphatic heterocycles. The summed E-state index contributed by atoms with van der Waals surface area (Å²) in [6.07, 6.45) is 6.14. The van der Waals surface area contributed by atoms with Gasteiger partial charge in [-0.25, -0.2) is 0 Å². The lowest BCUT2D eigenvalue weighted by Gasteiger charge is -2.51. The van der Waals surface area contributed by atoms with Gasteiger partial charge in [0.15, 0.2) is 0 Å². The fraction of sp³-hybridized carbons (Fsp3) is 0.625. The summed E-state index contributed by atoms with van der Waals surface area (Å²) in [5.41, 5.74) is 4.07. The summed E-state index contributed by atoms with van der Waals surface area (Å²) < 4.78 is 7.53. The van der Waals surface area contributed by atoms with E-state index >= 15 is 0 Å². The Hall–Kier alpha value is -1.85. The van der Waals surface area contributed by atoms with Crippen LogP contribution in [0.3, 0.4) is 0 Å². The Morgan fingerprint density at radius 2 is 1.86 bits per heavy atom. The van der Waals surface area contributed by atoms with E-state index in [0.29, 0.717) is 18.0 Å². The van der Waals surface area contributed by atoms with E-state index in [2.05, 4.69) is 58.8 Å². The minimum atomic E-state index is 0.583. The lowest BCUT2D eigenvalue weighted by atomic mass is 9.75. The normalized spacial score (nSPS) is 31.2. The molecule has 6 rings (SSSR count). The summed E-state index contributed by atoms with van der Waals surface area (Å²) >= 11 is 0. The minimum absolute atomic E-state index is 0.583. The molecule has 0 aliphatic carbocycles. The quantitative estimate of drug-likeness (QED) is 0.749. The van der Waals surface area contributed by atoms with Gasteiger partial charge in [-0.2, -0.15) is 5.10 Å². The summed E-state index contributed by atoms with van der Waals surface area (Å²) in [6, 6.07) is 10.2. The fourth-order valence-corrected chi connectivity index (χ4v) is 6.14. The molecule has 5 heteroatoms. The molecule has 5 nitrogen and oxygen atoms in total. The van der Waals surface area contributed by atoms with Crippen LogP contribution in [-0.4, -0.2) is 58.4 Å². The Kier molecular flexibility index (Phi) is 5.12. The van der Waals surface area contributed by atoms with Crippen molar-refractivity contribution in [3.63, 3.8) is 0 Å². The summed E-state index contributed by atoms with van der Waals surface area (Å²) in [5.74, 6) is 2.38. The highest BCUT2D eigenvalue weighted by atomic mass is 16.5. The van der Waals surface area contributed by atoms with E-state index in [1.165, 1.54) is 42.8 Å². The van der Waals surface area contributed by atoms with E-state index in [1.807, 2.05) is 0 Å². The van der Waals surface area contributed by atoms with Crippen LogP contribution in [0.25, 0.3) is 0 Å². The molecule has 1 aromatic carbocycles. The van der Waals surface area contributed by atoms with Gasteiger partial charge in [-0.05, 0) is 62.9 Å². The summed E-state index contributed by atoms with van der Waals surface area (Å²) in [5, 5.41) is 4.76. The Labute approximate surface area is 174 Å². The van der Waals surface area contributed by atoms with E-state index in [9.17, 15) is 0 Å². The first kappa shape index (κ1) is 19.1. The van der Waals surface area contributed by atoms with Crippen molar-refractivity contribution in [1.29, 1.82) is 0 Å². The van der Waals surface area contributed by atoms with Crippen LogP contribution in [0, 0.1) is 12.8 Å². The molecular formula is C24H34N4O. The average Bonchev–Trinajstić information content (AvgIpc) is 3.31. The second kappa shape index (κ2) is 7.77. The molecule has 29 heavy (non-hydrogen) atoms. The molecular weight excluding hydrogens is 360 g/mol. The van der Waals surface area contributed by atoms with E-state index in [1.54, 1.807) is 7.11 Å². The maximum Gasteiger partial charge on any atom is 0.118 e. The highest BCUT2D eigenvalue weighted by molar-refractivity contribution is 5.33. The molecule has 0 radical (unpaired) electrons. The second-order valence-electron chi connectivity index (χ2n) is 9.17. The van der Waals surface area contributed by atoms with E-state index < -0.39 is 0 Å². The van der Waals surface area contributed by atoms with Gasteiger partial charge in [-0.1, -0.05) is 19.1 Å². The van der Waals surface area contributed by atoms with Crippen LogP contribution < -0.4 is 4.74 Å². The highest BCUT2D eigenvalue weighted by Crippen LogP contribution is 2.47. The molecule has 0 N–H and O–H groups in total. The molecule has 0 spiro atoms. The largest absolute Gasteiger partial charge is 0.497 e. The number of aryl methyl sites for hydroxylation is 2. The smallest absolute Gasteiger partial charge is 0.118 e. The van der Waals surface area contributed by atoms with Gasteiger partial charge in [-0.3, -0.25) is 14.5 Å². The predicted molar refractivity (Wildman–Crippen MR) is 115 cm³/mol. The third-order valence-electron chi connectivity index (χ3n) is 7.51. The number of fused-ring (bicyclic) bond motifs is 2. The molecule has 4 fully saturated rings. The Morgan fingerprint density at radius 1 is 1.10 bits per heavy atom. The molecule has 0 saturated carbocycles.